The van der Waals surface area contributed by atoms with Crippen LogP contribution >= 0.6 is 0 Å². The summed E-state index contributed by atoms with van der Waals surface area (Å²) in [7, 11) is 1.50. The van der Waals surface area contributed by atoms with Crippen LogP contribution in [0, 0.1) is 12.7 Å². The maximum Gasteiger partial charge on any atom is 0.255 e. The first-order valence-electron chi connectivity index (χ1n) is 8.28. The Balaban J connectivity index is 1.80. The maximum absolute atomic E-state index is 13.3. The molecule has 0 radical (unpaired) electrons. The number of nitrogens with zero attached hydrogens (tertiary/aromatic N) is 2. The van der Waals surface area contributed by atoms with Crippen LogP contribution in [0.15, 0.2) is 47.0 Å². The third-order valence-corrected chi connectivity index (χ3v) is 3.83. The Morgan fingerprint density at radius 3 is 2.74 bits per heavy atom. The Morgan fingerprint density at radius 1 is 1.26 bits per heavy atom. The Morgan fingerprint density at radius 2 is 2.07 bits per heavy atom. The van der Waals surface area contributed by atoms with E-state index in [4.69, 9.17) is 9.26 Å². The number of nitrogens with one attached hydrogen (secondary N) is 2. The first kappa shape index (κ1) is 18.4. The molecular formula is C19H19FN4O3. The molecule has 8 heteroatoms. The van der Waals surface area contributed by atoms with Crippen molar-refractivity contribution in [3.05, 3.63) is 65.6 Å². The molecule has 1 heterocycles. The highest BCUT2D eigenvalue weighted by Gasteiger charge is 2.15. The van der Waals surface area contributed by atoms with E-state index in [0.29, 0.717) is 28.8 Å². The SMILES string of the molecule is COc1ccc(NC(C)c2nc(C)no2)cc1NC(=O)c1cccc(F)c1. The van der Waals surface area contributed by atoms with Crippen molar-refractivity contribution in [1.82, 2.24) is 10.1 Å². The number of halogens is 1. The van der Waals surface area contributed by atoms with Crippen molar-refractivity contribution in [2.24, 2.45) is 0 Å². The Hall–Kier alpha value is -3.42. The zero-order valence-corrected chi connectivity index (χ0v) is 15.1. The van der Waals surface area contributed by atoms with Crippen molar-refractivity contribution in [1.29, 1.82) is 0 Å². The number of methoxy groups -OCH3 is 1. The summed E-state index contributed by atoms with van der Waals surface area (Å²) in [6.45, 7) is 3.62. The summed E-state index contributed by atoms with van der Waals surface area (Å²) in [6, 6.07) is 10.5. The van der Waals surface area contributed by atoms with Gasteiger partial charge in [-0.05, 0) is 50.2 Å². The van der Waals surface area contributed by atoms with Gasteiger partial charge in [0.2, 0.25) is 5.89 Å². The number of benzene rings is 2. The number of hydrogen-bond acceptors (Lipinski definition) is 6. The maximum atomic E-state index is 13.3. The Labute approximate surface area is 155 Å². The number of amides is 1. The molecule has 0 aliphatic heterocycles. The molecule has 27 heavy (non-hydrogen) atoms. The van der Waals surface area contributed by atoms with E-state index in [-0.39, 0.29) is 11.6 Å². The van der Waals surface area contributed by atoms with Crippen molar-refractivity contribution in [2.45, 2.75) is 19.9 Å². The highest BCUT2D eigenvalue weighted by atomic mass is 19.1. The molecule has 0 saturated heterocycles. The molecule has 1 unspecified atom stereocenters. The summed E-state index contributed by atoms with van der Waals surface area (Å²) in [5.41, 5.74) is 1.38. The standard InChI is InChI=1S/C19H19FN4O3/c1-11(19-22-12(2)24-27-19)21-15-7-8-17(26-3)16(10-15)23-18(25)13-5-4-6-14(20)9-13/h4-11,21H,1-3H3,(H,23,25). The first-order valence-corrected chi connectivity index (χ1v) is 8.28. The van der Waals surface area contributed by atoms with Crippen LogP contribution in [0.25, 0.3) is 0 Å². The summed E-state index contributed by atoms with van der Waals surface area (Å²) >= 11 is 0. The first-order chi connectivity index (χ1) is 13.0. The quantitative estimate of drug-likeness (QED) is 0.683. The van der Waals surface area contributed by atoms with E-state index in [9.17, 15) is 9.18 Å². The second-order valence-corrected chi connectivity index (χ2v) is 5.93. The summed E-state index contributed by atoms with van der Waals surface area (Å²) in [6.07, 6.45) is 0. The summed E-state index contributed by atoms with van der Waals surface area (Å²) in [5, 5.41) is 9.73. The topological polar surface area (TPSA) is 89.3 Å². The highest BCUT2D eigenvalue weighted by molar-refractivity contribution is 6.05. The molecule has 0 spiro atoms. The molecule has 1 atom stereocenters. The summed E-state index contributed by atoms with van der Waals surface area (Å²) in [5.74, 6) is 0.566. The molecule has 3 aromatic rings. The van der Waals surface area contributed by atoms with Gasteiger partial charge in [0.15, 0.2) is 5.82 Å². The van der Waals surface area contributed by atoms with Crippen LogP contribution < -0.4 is 15.4 Å². The van der Waals surface area contributed by atoms with Gasteiger partial charge in [-0.25, -0.2) is 4.39 Å². The van der Waals surface area contributed by atoms with Gasteiger partial charge in [-0.2, -0.15) is 4.98 Å². The van der Waals surface area contributed by atoms with E-state index in [1.165, 1.54) is 31.4 Å². The van der Waals surface area contributed by atoms with Gasteiger partial charge in [-0.3, -0.25) is 4.79 Å². The van der Waals surface area contributed by atoms with E-state index < -0.39 is 11.7 Å². The molecule has 0 bridgehead atoms. The molecule has 1 aromatic heterocycles. The van der Waals surface area contributed by atoms with E-state index in [0.717, 1.165) is 0 Å². The van der Waals surface area contributed by atoms with Gasteiger partial charge < -0.3 is 19.9 Å². The molecule has 0 fully saturated rings. The lowest BCUT2D eigenvalue weighted by atomic mass is 10.2. The van der Waals surface area contributed by atoms with Crippen LogP contribution in [-0.2, 0) is 0 Å². The second kappa shape index (κ2) is 7.86. The fourth-order valence-electron chi connectivity index (χ4n) is 2.52. The number of anilines is 2. The molecule has 0 aliphatic carbocycles. The normalized spacial score (nSPS) is 11.7. The second-order valence-electron chi connectivity index (χ2n) is 5.93. The van der Waals surface area contributed by atoms with Gasteiger partial charge in [0.1, 0.15) is 17.6 Å². The number of ether oxygens (including phenoxy) is 1. The highest BCUT2D eigenvalue weighted by Crippen LogP contribution is 2.30. The van der Waals surface area contributed by atoms with E-state index in [2.05, 4.69) is 20.8 Å². The van der Waals surface area contributed by atoms with Crippen molar-refractivity contribution >= 4 is 17.3 Å². The van der Waals surface area contributed by atoms with Crippen LogP contribution in [-0.4, -0.2) is 23.2 Å². The van der Waals surface area contributed by atoms with Crippen LogP contribution in [0.4, 0.5) is 15.8 Å². The molecule has 140 valence electrons. The van der Waals surface area contributed by atoms with Gasteiger partial charge in [0.05, 0.1) is 12.8 Å². The molecular weight excluding hydrogens is 351 g/mol. The predicted molar refractivity (Wildman–Crippen MR) is 98.4 cm³/mol. The third kappa shape index (κ3) is 4.41. The molecule has 0 aliphatic rings. The zero-order chi connectivity index (χ0) is 19.4. The van der Waals surface area contributed by atoms with Crippen molar-refractivity contribution in [2.75, 3.05) is 17.7 Å². The lowest BCUT2D eigenvalue weighted by molar-refractivity contribution is 0.102. The van der Waals surface area contributed by atoms with E-state index >= 15 is 0 Å². The summed E-state index contributed by atoms with van der Waals surface area (Å²) in [4.78, 5) is 16.6. The molecule has 2 aromatic carbocycles. The van der Waals surface area contributed by atoms with Crippen molar-refractivity contribution < 1.29 is 18.4 Å². The smallest absolute Gasteiger partial charge is 0.255 e. The van der Waals surface area contributed by atoms with Gasteiger partial charge in [-0.15, -0.1) is 0 Å². The average Bonchev–Trinajstić information content (AvgIpc) is 3.08. The number of hydrogen-bond donors (Lipinski definition) is 2. The van der Waals surface area contributed by atoms with Crippen LogP contribution in [0.3, 0.4) is 0 Å². The van der Waals surface area contributed by atoms with E-state index in [1.54, 1.807) is 25.1 Å². The van der Waals surface area contributed by atoms with Crippen molar-refractivity contribution in [3.8, 4) is 5.75 Å². The molecule has 0 saturated carbocycles. The van der Waals surface area contributed by atoms with Crippen LogP contribution in [0.1, 0.15) is 35.0 Å². The number of aromatic nitrogens is 2. The van der Waals surface area contributed by atoms with E-state index in [1.807, 2.05) is 6.92 Å². The largest absolute Gasteiger partial charge is 0.495 e. The van der Waals surface area contributed by atoms with Gasteiger partial charge >= 0.3 is 0 Å². The third-order valence-electron chi connectivity index (χ3n) is 3.83. The van der Waals surface area contributed by atoms with Gasteiger partial charge in [0, 0.05) is 11.3 Å². The number of aryl methyl sites for hydroxylation is 1. The fraction of sp³-hybridized carbons (Fsp3) is 0.211. The van der Waals surface area contributed by atoms with Crippen molar-refractivity contribution in [3.63, 3.8) is 0 Å². The van der Waals surface area contributed by atoms with Gasteiger partial charge in [0.25, 0.3) is 5.91 Å². The van der Waals surface area contributed by atoms with Crippen LogP contribution in [0.5, 0.6) is 5.75 Å². The molecule has 7 nitrogen and oxygen atoms in total. The molecule has 2 N–H and O–H groups in total. The zero-order valence-electron chi connectivity index (χ0n) is 15.1. The minimum atomic E-state index is -0.478. The van der Waals surface area contributed by atoms with Crippen LogP contribution in [0.2, 0.25) is 0 Å². The average molecular weight is 370 g/mol. The minimum Gasteiger partial charge on any atom is -0.495 e. The lowest BCUT2D eigenvalue weighted by Crippen LogP contribution is -2.13. The summed E-state index contributed by atoms with van der Waals surface area (Å²) < 4.78 is 23.8. The Kier molecular flexibility index (Phi) is 5.35. The number of rotatable bonds is 6. The Bertz CT molecular complexity index is 958. The fourth-order valence-corrected chi connectivity index (χ4v) is 2.52. The predicted octanol–water partition coefficient (Wildman–Crippen LogP) is 3.95. The monoisotopic (exact) mass is 370 g/mol. The van der Waals surface area contributed by atoms with Gasteiger partial charge in [-0.1, -0.05) is 11.2 Å². The number of carbonyl (C=O) groups is 1. The lowest BCUT2D eigenvalue weighted by Gasteiger charge is -2.15. The minimum absolute atomic E-state index is 0.213. The molecule has 1 amide bonds. The number of carbonyl (C=O) groups excluding carboxylic acids is 1. The molecule has 3 rings (SSSR count).